The highest BCUT2D eigenvalue weighted by Crippen LogP contribution is 2.49. The van der Waals surface area contributed by atoms with Gasteiger partial charge in [0.2, 0.25) is 17.7 Å². The molecule has 2 bridgehead atoms. The Balaban J connectivity index is 1.38. The zero-order valence-electron chi connectivity index (χ0n) is 21.7. The van der Waals surface area contributed by atoms with Crippen LogP contribution in [-0.4, -0.2) is 59.3 Å². The zero-order chi connectivity index (χ0) is 27.7. The summed E-state index contributed by atoms with van der Waals surface area (Å²) in [5, 5.41) is 18.9. The van der Waals surface area contributed by atoms with Gasteiger partial charge in [-0.1, -0.05) is 30.5 Å². The molecule has 1 aromatic carbocycles. The van der Waals surface area contributed by atoms with Crippen molar-refractivity contribution >= 4 is 35.0 Å². The van der Waals surface area contributed by atoms with Crippen molar-refractivity contribution in [3.63, 3.8) is 0 Å². The van der Waals surface area contributed by atoms with Gasteiger partial charge in [-0.2, -0.15) is 5.26 Å². The average molecular weight is 562 g/mol. The number of alkyl halides is 2. The number of halogens is 3. The summed E-state index contributed by atoms with van der Waals surface area (Å²) in [6.07, 6.45) is 4.01. The van der Waals surface area contributed by atoms with Crippen molar-refractivity contribution in [1.82, 2.24) is 15.5 Å². The molecule has 6 rings (SSSR count). The van der Waals surface area contributed by atoms with Crippen LogP contribution in [0.15, 0.2) is 24.3 Å². The summed E-state index contributed by atoms with van der Waals surface area (Å²) in [5.74, 6) is -5.83. The quantitative estimate of drug-likeness (QED) is 0.424. The summed E-state index contributed by atoms with van der Waals surface area (Å²) in [6.45, 7) is 0.571. The van der Waals surface area contributed by atoms with E-state index in [4.69, 9.17) is 11.6 Å². The van der Waals surface area contributed by atoms with E-state index in [-0.39, 0.29) is 24.7 Å². The van der Waals surface area contributed by atoms with E-state index in [1.165, 1.54) is 4.90 Å². The van der Waals surface area contributed by atoms with Gasteiger partial charge in [0.05, 0.1) is 12.0 Å². The third-order valence-electron chi connectivity index (χ3n) is 8.58. The number of hydrogen-bond acceptors (Lipinski definition) is 5. The number of hydrogen-bond donors (Lipinski definition) is 3. The Morgan fingerprint density at radius 2 is 2.00 bits per heavy atom. The van der Waals surface area contributed by atoms with E-state index in [2.05, 4.69) is 16.0 Å². The van der Waals surface area contributed by atoms with Crippen LogP contribution in [0.3, 0.4) is 0 Å². The fourth-order valence-corrected chi connectivity index (χ4v) is 6.63. The van der Waals surface area contributed by atoms with Crippen LogP contribution in [0.25, 0.3) is 0 Å². The molecule has 210 valence electrons. The predicted octanol–water partition coefficient (Wildman–Crippen LogP) is 3.86. The molecule has 3 amide bonds. The molecular formula is C28H34ClF2N5O3. The van der Waals surface area contributed by atoms with Crippen LogP contribution in [0, 0.1) is 29.1 Å². The van der Waals surface area contributed by atoms with Gasteiger partial charge in [0.1, 0.15) is 18.1 Å². The van der Waals surface area contributed by atoms with Gasteiger partial charge in [0.25, 0.3) is 5.92 Å². The predicted molar refractivity (Wildman–Crippen MR) is 141 cm³/mol. The lowest BCUT2D eigenvalue weighted by atomic mass is 9.71. The van der Waals surface area contributed by atoms with Gasteiger partial charge in [-0.15, -0.1) is 0 Å². The summed E-state index contributed by atoms with van der Waals surface area (Å²) < 4.78 is 30.3. The molecule has 0 spiro atoms. The first-order valence-corrected chi connectivity index (χ1v) is 14.2. The Morgan fingerprint density at radius 3 is 2.67 bits per heavy atom. The average Bonchev–Trinajstić information content (AvgIpc) is 3.72. The number of rotatable bonds is 9. The van der Waals surface area contributed by atoms with Crippen molar-refractivity contribution in [3.05, 3.63) is 29.3 Å². The van der Waals surface area contributed by atoms with E-state index in [9.17, 15) is 19.6 Å². The molecule has 3 heterocycles. The maximum absolute atomic E-state index is 15.1. The maximum Gasteiger partial charge on any atom is 0.255 e. The number of benzene rings is 1. The minimum absolute atomic E-state index is 0.0971. The Kier molecular flexibility index (Phi) is 7.99. The molecule has 0 aromatic heterocycles. The third-order valence-corrected chi connectivity index (χ3v) is 8.82. The lowest BCUT2D eigenvalue weighted by Crippen LogP contribution is -2.70. The lowest BCUT2D eigenvalue weighted by molar-refractivity contribution is -0.194. The number of nitrogens with one attached hydrogen (secondary N) is 3. The van der Waals surface area contributed by atoms with Gasteiger partial charge in [0, 0.05) is 35.6 Å². The Bertz CT molecular complexity index is 1160. The summed E-state index contributed by atoms with van der Waals surface area (Å²) in [4.78, 5) is 41.3. The van der Waals surface area contributed by atoms with Gasteiger partial charge in [-0.05, 0) is 62.6 Å². The lowest BCUT2D eigenvalue weighted by Gasteiger charge is -2.54. The number of carbonyl (C=O) groups excluding carboxylic acids is 3. The second-order valence-electron chi connectivity index (χ2n) is 11.4. The normalized spacial score (nSPS) is 29.1. The fourth-order valence-electron chi connectivity index (χ4n) is 6.44. The number of carbonyl (C=O) groups is 3. The van der Waals surface area contributed by atoms with Crippen molar-refractivity contribution < 1.29 is 23.2 Å². The number of amides is 3. The van der Waals surface area contributed by atoms with Crippen LogP contribution in [0.4, 0.5) is 14.5 Å². The Hall–Kier alpha value is -2.93. The topological polar surface area (TPSA) is 114 Å². The van der Waals surface area contributed by atoms with Crippen LogP contribution >= 0.6 is 11.6 Å². The monoisotopic (exact) mass is 561 g/mol. The fraction of sp³-hybridized carbons (Fsp3) is 0.643. The van der Waals surface area contributed by atoms with E-state index in [0.717, 1.165) is 19.3 Å². The molecule has 5 aliphatic rings. The van der Waals surface area contributed by atoms with Gasteiger partial charge >= 0.3 is 0 Å². The zero-order valence-corrected chi connectivity index (χ0v) is 22.4. The van der Waals surface area contributed by atoms with Crippen molar-refractivity contribution in [2.75, 3.05) is 11.9 Å². The third kappa shape index (κ3) is 6.13. The maximum atomic E-state index is 15.1. The minimum atomic E-state index is -3.10. The molecular weight excluding hydrogens is 528 g/mol. The molecule has 5 fully saturated rings. The first-order valence-electron chi connectivity index (χ1n) is 13.9. The standard InChI is InChI=1S/C28H34ClF2N5O3/c29-18-4-1-5-19(13-18)34-23(11-16-6-7-16)27(39)36-21-8-9-22(28(30,31)14-21)24(36)26(38)35-20(15-32)12-17-3-2-10-33-25(17)37/h1,4-5,13,16-17,20-24,34H,2-3,6-12,14H2,(H,33,37)(H,35,38). The number of nitrogens with zero attached hydrogens (tertiary/aromatic N) is 2. The summed E-state index contributed by atoms with van der Waals surface area (Å²) in [6, 6.07) is 5.10. The highest BCUT2D eigenvalue weighted by atomic mass is 35.5. The number of anilines is 1. The molecule has 6 unspecified atom stereocenters. The second-order valence-corrected chi connectivity index (χ2v) is 11.9. The van der Waals surface area contributed by atoms with E-state index in [1.807, 2.05) is 6.07 Å². The van der Waals surface area contributed by atoms with Crippen molar-refractivity contribution in [2.24, 2.45) is 17.8 Å². The van der Waals surface area contributed by atoms with Gasteiger partial charge < -0.3 is 20.9 Å². The van der Waals surface area contributed by atoms with E-state index >= 15 is 8.78 Å². The SMILES string of the molecule is N#CC(CC1CCCNC1=O)NC(=O)C1C2CCC(CC2(F)F)N1C(=O)C(CC1CC1)Nc1cccc(Cl)c1. The molecule has 2 saturated carbocycles. The van der Waals surface area contributed by atoms with Crippen molar-refractivity contribution in [3.8, 4) is 6.07 Å². The first kappa shape index (κ1) is 27.6. The molecule has 8 nitrogen and oxygen atoms in total. The molecule has 2 aliphatic carbocycles. The number of piperidine rings is 3. The summed E-state index contributed by atoms with van der Waals surface area (Å²) >= 11 is 6.14. The molecule has 6 atom stereocenters. The van der Waals surface area contributed by atoms with Gasteiger partial charge in [-0.25, -0.2) is 8.78 Å². The van der Waals surface area contributed by atoms with Crippen LogP contribution in [0.5, 0.6) is 0 Å². The number of fused-ring (bicyclic) bond motifs is 3. The largest absolute Gasteiger partial charge is 0.374 e. The van der Waals surface area contributed by atoms with Gasteiger partial charge in [-0.3, -0.25) is 14.4 Å². The molecule has 11 heteroatoms. The van der Waals surface area contributed by atoms with Crippen LogP contribution < -0.4 is 16.0 Å². The highest BCUT2D eigenvalue weighted by molar-refractivity contribution is 6.30. The van der Waals surface area contributed by atoms with Gasteiger partial charge in [0.15, 0.2) is 0 Å². The minimum Gasteiger partial charge on any atom is -0.374 e. The van der Waals surface area contributed by atoms with Crippen LogP contribution in [-0.2, 0) is 14.4 Å². The first-order chi connectivity index (χ1) is 18.7. The van der Waals surface area contributed by atoms with Crippen LogP contribution in [0.1, 0.15) is 57.8 Å². The highest BCUT2D eigenvalue weighted by Gasteiger charge is 2.61. The molecule has 39 heavy (non-hydrogen) atoms. The molecule has 3 N–H and O–H groups in total. The Labute approximate surface area is 231 Å². The van der Waals surface area contributed by atoms with E-state index in [0.29, 0.717) is 42.4 Å². The molecule has 1 aromatic rings. The summed E-state index contributed by atoms with van der Waals surface area (Å²) in [5.41, 5.74) is 0.644. The molecule has 3 saturated heterocycles. The van der Waals surface area contributed by atoms with E-state index < -0.39 is 54.3 Å². The van der Waals surface area contributed by atoms with Crippen molar-refractivity contribution in [1.29, 1.82) is 5.26 Å². The molecule has 3 aliphatic heterocycles. The Morgan fingerprint density at radius 1 is 1.21 bits per heavy atom. The molecule has 0 radical (unpaired) electrons. The van der Waals surface area contributed by atoms with Crippen LogP contribution in [0.2, 0.25) is 5.02 Å². The van der Waals surface area contributed by atoms with E-state index in [1.54, 1.807) is 24.3 Å². The summed E-state index contributed by atoms with van der Waals surface area (Å²) in [7, 11) is 0. The second kappa shape index (κ2) is 11.3. The smallest absolute Gasteiger partial charge is 0.255 e. The number of nitriles is 1. The van der Waals surface area contributed by atoms with Crippen molar-refractivity contribution in [2.45, 2.75) is 87.9 Å².